The van der Waals surface area contributed by atoms with Gasteiger partial charge < -0.3 is 4.74 Å². The standard InChI is InChI=1S/C24H34FNO4S2/c1-24(2,3)17-6-5-9-21(26-32(28,29)20-14-11-18(25)12-15-20)22-16-13-19(31-22)8-7-10-23(27)30-4/h11-16,21,26H,5-10,17H2,1-4H3. The zero-order chi connectivity index (χ0) is 23.8. The number of methoxy groups -OCH3 is 1. The maximum atomic E-state index is 13.2. The average Bonchev–Trinajstić information content (AvgIpc) is 3.18. The predicted octanol–water partition coefficient (Wildman–Crippen LogP) is 6.01. The van der Waals surface area contributed by atoms with Gasteiger partial charge in [-0.05, 0) is 67.5 Å². The summed E-state index contributed by atoms with van der Waals surface area (Å²) in [4.78, 5) is 13.4. The maximum Gasteiger partial charge on any atom is 0.305 e. The second-order valence-corrected chi connectivity index (χ2v) is 12.1. The van der Waals surface area contributed by atoms with Gasteiger partial charge in [0, 0.05) is 16.2 Å². The van der Waals surface area contributed by atoms with Gasteiger partial charge in [-0.1, -0.05) is 33.6 Å². The lowest BCUT2D eigenvalue weighted by Crippen LogP contribution is -2.28. The molecule has 1 aromatic carbocycles. The molecule has 0 aliphatic heterocycles. The van der Waals surface area contributed by atoms with Gasteiger partial charge in [-0.15, -0.1) is 11.3 Å². The molecule has 0 spiro atoms. The summed E-state index contributed by atoms with van der Waals surface area (Å²) >= 11 is 1.56. The van der Waals surface area contributed by atoms with Crippen LogP contribution in [-0.4, -0.2) is 21.5 Å². The van der Waals surface area contributed by atoms with E-state index in [-0.39, 0.29) is 22.3 Å². The Labute approximate surface area is 195 Å². The van der Waals surface area contributed by atoms with Crippen LogP contribution in [-0.2, 0) is 26.0 Å². The molecule has 1 atom stereocenters. The quantitative estimate of drug-likeness (QED) is 0.296. The minimum Gasteiger partial charge on any atom is -0.469 e. The maximum absolute atomic E-state index is 13.2. The van der Waals surface area contributed by atoms with Gasteiger partial charge in [-0.25, -0.2) is 17.5 Å². The van der Waals surface area contributed by atoms with Gasteiger partial charge >= 0.3 is 5.97 Å². The number of hydrogen-bond donors (Lipinski definition) is 1. The Bertz CT molecular complexity index is 963. The van der Waals surface area contributed by atoms with Crippen LogP contribution in [0.1, 0.15) is 75.1 Å². The van der Waals surface area contributed by atoms with Crippen LogP contribution in [0.2, 0.25) is 0 Å². The molecule has 0 aliphatic rings. The average molecular weight is 484 g/mol. The lowest BCUT2D eigenvalue weighted by atomic mass is 9.89. The smallest absolute Gasteiger partial charge is 0.305 e. The molecule has 2 aromatic rings. The summed E-state index contributed by atoms with van der Waals surface area (Å²) in [6.45, 7) is 6.59. The minimum atomic E-state index is -3.78. The lowest BCUT2D eigenvalue weighted by molar-refractivity contribution is -0.140. The zero-order valence-corrected chi connectivity index (χ0v) is 21.0. The lowest BCUT2D eigenvalue weighted by Gasteiger charge is -2.20. The number of thiophene rings is 1. The molecule has 0 bridgehead atoms. The fourth-order valence-corrected chi connectivity index (χ4v) is 5.82. The molecular formula is C24H34FNO4S2. The number of hydrogen-bond acceptors (Lipinski definition) is 5. The largest absolute Gasteiger partial charge is 0.469 e. The van der Waals surface area contributed by atoms with E-state index in [4.69, 9.17) is 0 Å². The topological polar surface area (TPSA) is 72.5 Å². The van der Waals surface area contributed by atoms with Crippen LogP contribution in [0, 0.1) is 11.2 Å². The van der Waals surface area contributed by atoms with Gasteiger partial charge in [0.15, 0.2) is 0 Å². The molecule has 0 aliphatic carbocycles. The predicted molar refractivity (Wildman–Crippen MR) is 127 cm³/mol. The summed E-state index contributed by atoms with van der Waals surface area (Å²) in [6, 6.07) is 8.45. The van der Waals surface area contributed by atoms with Crippen molar-refractivity contribution in [1.82, 2.24) is 4.72 Å². The SMILES string of the molecule is COC(=O)CCCc1ccc(C(CCCCC(C)(C)C)NS(=O)(=O)c2ccc(F)cc2)s1. The van der Waals surface area contributed by atoms with E-state index in [1.54, 1.807) is 11.3 Å². The Morgan fingerprint density at radius 2 is 1.78 bits per heavy atom. The number of halogens is 1. The number of unbranched alkanes of at least 4 members (excludes halogenated alkanes) is 1. The van der Waals surface area contributed by atoms with Crippen molar-refractivity contribution in [2.24, 2.45) is 5.41 Å². The van der Waals surface area contributed by atoms with E-state index in [1.165, 1.54) is 19.2 Å². The first-order valence-electron chi connectivity index (χ1n) is 10.9. The number of benzene rings is 1. The normalized spacial score (nSPS) is 13.2. The first-order chi connectivity index (χ1) is 15.0. The molecule has 1 N–H and O–H groups in total. The Balaban J connectivity index is 2.11. The number of nitrogens with one attached hydrogen (secondary N) is 1. The summed E-state index contributed by atoms with van der Waals surface area (Å²) in [6.07, 6.45) is 5.42. The van der Waals surface area contributed by atoms with Crippen LogP contribution in [0.15, 0.2) is 41.3 Å². The van der Waals surface area contributed by atoms with Gasteiger partial charge in [-0.2, -0.15) is 0 Å². The van der Waals surface area contributed by atoms with Crippen LogP contribution >= 0.6 is 11.3 Å². The van der Waals surface area contributed by atoms with Crippen molar-refractivity contribution in [2.75, 3.05) is 7.11 Å². The number of aryl methyl sites for hydroxylation is 1. The van der Waals surface area contributed by atoms with Gasteiger partial charge in [0.25, 0.3) is 0 Å². The number of carbonyl (C=O) groups is 1. The molecule has 8 heteroatoms. The van der Waals surface area contributed by atoms with E-state index in [0.717, 1.165) is 47.6 Å². The summed E-state index contributed by atoms with van der Waals surface area (Å²) in [5, 5.41) is 0. The summed E-state index contributed by atoms with van der Waals surface area (Å²) < 4.78 is 46.6. The Morgan fingerprint density at radius 1 is 1.09 bits per heavy atom. The van der Waals surface area contributed by atoms with Crippen molar-refractivity contribution in [3.63, 3.8) is 0 Å². The van der Waals surface area contributed by atoms with Crippen LogP contribution < -0.4 is 4.72 Å². The van der Waals surface area contributed by atoms with Crippen molar-refractivity contribution in [3.05, 3.63) is 52.0 Å². The summed E-state index contributed by atoms with van der Waals surface area (Å²) in [5.41, 5.74) is 0.235. The monoisotopic (exact) mass is 483 g/mol. The van der Waals surface area contributed by atoms with Crippen molar-refractivity contribution < 1.29 is 22.3 Å². The molecule has 1 heterocycles. The Kier molecular flexibility index (Phi) is 9.85. The van der Waals surface area contributed by atoms with Crippen LogP contribution in [0.3, 0.4) is 0 Å². The molecule has 1 unspecified atom stereocenters. The van der Waals surface area contributed by atoms with E-state index >= 15 is 0 Å². The Morgan fingerprint density at radius 3 is 2.41 bits per heavy atom. The van der Waals surface area contributed by atoms with Crippen LogP contribution in [0.25, 0.3) is 0 Å². The first-order valence-corrected chi connectivity index (χ1v) is 13.2. The summed E-state index contributed by atoms with van der Waals surface area (Å²) in [5.74, 6) is -0.705. The third kappa shape index (κ3) is 9.00. The number of rotatable bonds is 12. The molecule has 2 rings (SSSR count). The first kappa shape index (κ1) is 26.5. The molecule has 178 valence electrons. The van der Waals surface area contributed by atoms with Crippen LogP contribution in [0.5, 0.6) is 0 Å². The van der Waals surface area contributed by atoms with Gasteiger partial charge in [-0.3, -0.25) is 4.79 Å². The highest BCUT2D eigenvalue weighted by molar-refractivity contribution is 7.89. The van der Waals surface area contributed by atoms with Crippen molar-refractivity contribution in [1.29, 1.82) is 0 Å². The summed E-state index contributed by atoms with van der Waals surface area (Å²) in [7, 11) is -2.41. The van der Waals surface area contributed by atoms with Crippen LogP contribution in [0.4, 0.5) is 4.39 Å². The fourth-order valence-electron chi connectivity index (χ4n) is 3.36. The number of sulfonamides is 1. The van der Waals surface area contributed by atoms with Gasteiger partial charge in [0.05, 0.1) is 18.0 Å². The van der Waals surface area contributed by atoms with E-state index in [9.17, 15) is 17.6 Å². The highest BCUT2D eigenvalue weighted by atomic mass is 32.2. The van der Waals surface area contributed by atoms with Crippen molar-refractivity contribution >= 4 is 27.3 Å². The van der Waals surface area contributed by atoms with Gasteiger partial charge in [0.1, 0.15) is 5.82 Å². The second-order valence-electron chi connectivity index (χ2n) is 9.17. The minimum absolute atomic E-state index is 0.0495. The molecule has 32 heavy (non-hydrogen) atoms. The van der Waals surface area contributed by atoms with Crippen molar-refractivity contribution in [2.45, 2.75) is 76.7 Å². The van der Waals surface area contributed by atoms with E-state index in [1.807, 2.05) is 12.1 Å². The highest BCUT2D eigenvalue weighted by Gasteiger charge is 2.23. The molecule has 0 saturated heterocycles. The van der Waals surface area contributed by atoms with Gasteiger partial charge in [0.2, 0.25) is 10.0 Å². The molecule has 0 fully saturated rings. The number of ether oxygens (including phenoxy) is 1. The van der Waals surface area contributed by atoms with E-state index in [0.29, 0.717) is 19.3 Å². The molecule has 0 saturated carbocycles. The van der Waals surface area contributed by atoms with E-state index in [2.05, 4.69) is 30.2 Å². The third-order valence-electron chi connectivity index (χ3n) is 5.15. The van der Waals surface area contributed by atoms with E-state index < -0.39 is 15.8 Å². The number of esters is 1. The number of carbonyl (C=O) groups excluding carboxylic acids is 1. The molecule has 0 amide bonds. The molecule has 0 radical (unpaired) electrons. The third-order valence-corrected chi connectivity index (χ3v) is 7.89. The fraction of sp³-hybridized carbons (Fsp3) is 0.542. The molecule has 1 aromatic heterocycles. The zero-order valence-electron chi connectivity index (χ0n) is 19.3. The second kappa shape index (κ2) is 11.9. The Hall–Kier alpha value is -1.77. The highest BCUT2D eigenvalue weighted by Crippen LogP contribution is 2.31. The molecule has 5 nitrogen and oxygen atoms in total. The molecular weight excluding hydrogens is 449 g/mol. The van der Waals surface area contributed by atoms with Crippen molar-refractivity contribution in [3.8, 4) is 0 Å².